The van der Waals surface area contributed by atoms with Gasteiger partial charge in [-0.1, -0.05) is 36.0 Å². The fraction of sp³-hybridized carbons (Fsp3) is 0.0500. The first-order valence-corrected chi connectivity index (χ1v) is 9.70. The highest BCUT2D eigenvalue weighted by molar-refractivity contribution is 8.00. The Morgan fingerprint density at radius 3 is 2.04 bits per heavy atom. The lowest BCUT2D eigenvalue weighted by molar-refractivity contribution is -0.115. The maximum atomic E-state index is 13.0. The second-order valence-electron chi connectivity index (χ2n) is 5.62. The van der Waals surface area contributed by atoms with Crippen molar-refractivity contribution in [3.8, 4) is 0 Å². The quantitative estimate of drug-likeness (QED) is 0.513. The molecular weight excluding hydrogens is 348 g/mol. The Bertz CT molecular complexity index is 879. The van der Waals surface area contributed by atoms with Crippen LogP contribution in [0.5, 0.6) is 0 Å². The summed E-state index contributed by atoms with van der Waals surface area (Å²) in [5.74, 6) is 0.444. The summed E-state index contributed by atoms with van der Waals surface area (Å²) in [6.45, 7) is 0. The van der Waals surface area contributed by atoms with Crippen molar-refractivity contribution in [1.82, 2.24) is 0 Å². The van der Waals surface area contributed by atoms with E-state index in [0.29, 0.717) is 5.75 Å². The molecule has 1 aliphatic rings. The highest BCUT2D eigenvalue weighted by Gasteiger charge is 2.27. The minimum absolute atomic E-state index is 0.0713. The van der Waals surface area contributed by atoms with E-state index < -0.39 is 0 Å². The van der Waals surface area contributed by atoms with Crippen molar-refractivity contribution < 1.29 is 4.79 Å². The zero-order valence-electron chi connectivity index (χ0n) is 13.4. The van der Waals surface area contributed by atoms with Crippen LogP contribution < -0.4 is 10.6 Å². The van der Waals surface area contributed by atoms with Gasteiger partial charge in [0, 0.05) is 20.4 Å². The number of fused-ring (bicyclic) bond motifs is 2. The fourth-order valence-electron chi connectivity index (χ4n) is 2.75. The summed E-state index contributed by atoms with van der Waals surface area (Å²) in [6.07, 6.45) is 0. The summed E-state index contributed by atoms with van der Waals surface area (Å²) in [7, 11) is 0. The van der Waals surface area contributed by atoms with Crippen molar-refractivity contribution in [3.63, 3.8) is 0 Å². The van der Waals surface area contributed by atoms with Gasteiger partial charge in [-0.25, -0.2) is 0 Å². The van der Waals surface area contributed by atoms with Crippen molar-refractivity contribution in [3.05, 3.63) is 72.8 Å². The number of thioether (sulfide) groups is 1. The number of anilines is 3. The molecule has 0 saturated carbocycles. The molecule has 2 N–H and O–H groups in total. The first kappa shape index (κ1) is 16.1. The van der Waals surface area contributed by atoms with E-state index in [1.165, 1.54) is 11.8 Å². The van der Waals surface area contributed by atoms with Crippen molar-refractivity contribution in [2.24, 2.45) is 0 Å². The molecule has 3 aromatic rings. The molecule has 0 aliphatic carbocycles. The number of nitrogen functional groups attached to an aromatic ring is 1. The first-order valence-electron chi connectivity index (χ1n) is 7.89. The number of nitrogens with two attached hydrogens (primary N) is 1. The highest BCUT2D eigenvalue weighted by Crippen LogP contribution is 2.48. The molecule has 0 radical (unpaired) electrons. The Morgan fingerprint density at radius 2 is 1.44 bits per heavy atom. The molecule has 1 aliphatic heterocycles. The minimum atomic E-state index is 0.0713. The predicted octanol–water partition coefficient (Wildman–Crippen LogP) is 5.19. The van der Waals surface area contributed by atoms with E-state index in [-0.39, 0.29) is 5.91 Å². The molecule has 25 heavy (non-hydrogen) atoms. The molecule has 0 unspecified atom stereocenters. The Balaban J connectivity index is 1.62. The minimum Gasteiger partial charge on any atom is -0.399 e. The molecule has 0 aromatic heterocycles. The Morgan fingerprint density at radius 1 is 0.880 bits per heavy atom. The number of amides is 1. The third kappa shape index (κ3) is 3.25. The lowest BCUT2D eigenvalue weighted by atomic mass is 10.2. The van der Waals surface area contributed by atoms with E-state index in [1.807, 2.05) is 65.6 Å². The molecule has 3 aromatic carbocycles. The van der Waals surface area contributed by atoms with E-state index >= 15 is 0 Å². The highest BCUT2D eigenvalue weighted by atomic mass is 32.2. The predicted molar refractivity (Wildman–Crippen MR) is 106 cm³/mol. The normalized spacial score (nSPS) is 12.4. The van der Waals surface area contributed by atoms with Gasteiger partial charge in [-0.2, -0.15) is 0 Å². The number of rotatable bonds is 3. The number of hydrogen-bond acceptors (Lipinski definition) is 4. The number of hydrogen-bond donors (Lipinski definition) is 1. The van der Waals surface area contributed by atoms with Crippen molar-refractivity contribution in [2.75, 3.05) is 16.4 Å². The van der Waals surface area contributed by atoms with Gasteiger partial charge in [0.1, 0.15) is 0 Å². The van der Waals surface area contributed by atoms with Crippen LogP contribution in [0.25, 0.3) is 0 Å². The van der Waals surface area contributed by atoms with Gasteiger partial charge < -0.3 is 5.73 Å². The molecule has 0 atom stereocenters. The maximum absolute atomic E-state index is 13.0. The summed E-state index contributed by atoms with van der Waals surface area (Å²) in [6, 6.07) is 23.7. The van der Waals surface area contributed by atoms with Crippen molar-refractivity contribution >= 4 is 46.5 Å². The molecule has 5 heteroatoms. The first-order chi connectivity index (χ1) is 12.2. The third-order valence-electron chi connectivity index (χ3n) is 3.92. The van der Waals surface area contributed by atoms with Crippen molar-refractivity contribution in [1.29, 1.82) is 0 Å². The molecule has 4 rings (SSSR count). The van der Waals surface area contributed by atoms with Gasteiger partial charge in [-0.05, 0) is 48.5 Å². The molecule has 0 fully saturated rings. The lowest BCUT2D eigenvalue weighted by Crippen LogP contribution is -2.29. The topological polar surface area (TPSA) is 46.3 Å². The molecule has 1 heterocycles. The molecule has 3 nitrogen and oxygen atoms in total. The van der Waals surface area contributed by atoms with Gasteiger partial charge in [-0.3, -0.25) is 9.69 Å². The van der Waals surface area contributed by atoms with Crippen LogP contribution in [-0.4, -0.2) is 11.7 Å². The summed E-state index contributed by atoms with van der Waals surface area (Å²) in [5.41, 5.74) is 8.35. The Labute approximate surface area is 155 Å². The van der Waals surface area contributed by atoms with Crippen LogP contribution in [0.1, 0.15) is 0 Å². The monoisotopic (exact) mass is 364 g/mol. The second kappa shape index (κ2) is 6.86. The third-order valence-corrected chi connectivity index (χ3v) is 6.05. The fourth-order valence-corrected chi connectivity index (χ4v) is 4.55. The van der Waals surface area contributed by atoms with E-state index in [1.54, 1.807) is 11.8 Å². The SMILES string of the molecule is Nc1ccc(SCC(=O)N2c3ccccc3Sc3ccccc32)cc1. The number of carbonyl (C=O) groups is 1. The molecule has 0 bridgehead atoms. The molecule has 0 saturated heterocycles. The van der Waals surface area contributed by atoms with E-state index in [4.69, 9.17) is 5.73 Å². The summed E-state index contributed by atoms with van der Waals surface area (Å²) >= 11 is 3.23. The summed E-state index contributed by atoms with van der Waals surface area (Å²) in [5, 5.41) is 0. The van der Waals surface area contributed by atoms with Gasteiger partial charge in [0.15, 0.2) is 0 Å². The van der Waals surface area contributed by atoms with Crippen LogP contribution in [0, 0.1) is 0 Å². The van der Waals surface area contributed by atoms with Crippen LogP contribution in [0.4, 0.5) is 17.1 Å². The van der Waals surface area contributed by atoms with E-state index in [0.717, 1.165) is 31.7 Å². The molecule has 0 spiro atoms. The van der Waals surface area contributed by atoms with Crippen LogP contribution in [0.3, 0.4) is 0 Å². The molecule has 124 valence electrons. The largest absolute Gasteiger partial charge is 0.399 e. The average Bonchev–Trinajstić information content (AvgIpc) is 2.65. The average molecular weight is 364 g/mol. The van der Waals surface area contributed by atoms with Gasteiger partial charge in [-0.15, -0.1) is 11.8 Å². The summed E-state index contributed by atoms with van der Waals surface area (Å²) < 4.78 is 0. The van der Waals surface area contributed by atoms with Crippen LogP contribution in [0.15, 0.2) is 87.5 Å². The second-order valence-corrected chi connectivity index (χ2v) is 7.76. The van der Waals surface area contributed by atoms with E-state index in [2.05, 4.69) is 12.1 Å². The van der Waals surface area contributed by atoms with Gasteiger partial charge in [0.2, 0.25) is 5.91 Å². The number of carbonyl (C=O) groups excluding carboxylic acids is 1. The zero-order valence-corrected chi connectivity index (χ0v) is 15.0. The smallest absolute Gasteiger partial charge is 0.241 e. The standard InChI is InChI=1S/C20H16N2OS2/c21-14-9-11-15(12-10-14)24-13-20(23)22-16-5-1-3-7-18(16)25-19-8-4-2-6-17(19)22/h1-12H,13,21H2. The Kier molecular flexibility index (Phi) is 4.42. The number of para-hydroxylation sites is 2. The Hall–Kier alpha value is -2.37. The van der Waals surface area contributed by atoms with Gasteiger partial charge >= 0.3 is 0 Å². The lowest BCUT2D eigenvalue weighted by Gasteiger charge is -2.31. The molecular formula is C20H16N2OS2. The molecule has 1 amide bonds. The van der Waals surface area contributed by atoms with Crippen LogP contribution >= 0.6 is 23.5 Å². The van der Waals surface area contributed by atoms with Gasteiger partial charge in [0.05, 0.1) is 17.1 Å². The van der Waals surface area contributed by atoms with Crippen molar-refractivity contribution in [2.45, 2.75) is 14.7 Å². The van der Waals surface area contributed by atoms with Crippen LogP contribution in [-0.2, 0) is 4.79 Å². The van der Waals surface area contributed by atoms with Crippen LogP contribution in [0.2, 0.25) is 0 Å². The maximum Gasteiger partial charge on any atom is 0.241 e. The number of benzene rings is 3. The zero-order chi connectivity index (χ0) is 17.2. The number of nitrogens with zero attached hydrogens (tertiary/aromatic N) is 1. The van der Waals surface area contributed by atoms with E-state index in [9.17, 15) is 4.79 Å². The van der Waals surface area contributed by atoms with Gasteiger partial charge in [0.25, 0.3) is 0 Å². The summed E-state index contributed by atoms with van der Waals surface area (Å²) in [4.78, 5) is 18.1.